The van der Waals surface area contributed by atoms with Crippen molar-refractivity contribution in [2.75, 3.05) is 0 Å². The van der Waals surface area contributed by atoms with E-state index in [1.54, 1.807) is 0 Å². The minimum atomic E-state index is -2.79. The molecule has 0 N–H and O–H groups in total. The molecule has 113 valence electrons. The van der Waals surface area contributed by atoms with Gasteiger partial charge in [0.05, 0.1) is 0 Å². The van der Waals surface area contributed by atoms with Crippen molar-refractivity contribution in [3.05, 3.63) is 52.0 Å². The average Bonchev–Trinajstić information content (AvgIpc) is 3.03. The van der Waals surface area contributed by atoms with Crippen LogP contribution >= 0.6 is 15.9 Å². The Balaban J connectivity index is 2.19. The average molecular weight is 367 g/mol. The van der Waals surface area contributed by atoms with Gasteiger partial charge in [-0.25, -0.2) is 0 Å². The number of benzene rings is 1. The maximum Gasteiger partial charge on any atom is 0.314 e. The van der Waals surface area contributed by atoms with E-state index in [2.05, 4.69) is 32.2 Å². The van der Waals surface area contributed by atoms with E-state index in [1.165, 1.54) is 0 Å². The lowest BCUT2D eigenvalue weighted by Crippen LogP contribution is -1.99. The highest BCUT2D eigenvalue weighted by molar-refractivity contribution is 9.10. The molecule has 0 atom stereocenters. The highest BCUT2D eigenvalue weighted by Crippen LogP contribution is 2.31. The lowest BCUT2D eigenvalue weighted by molar-refractivity contribution is 0.116. The summed E-state index contributed by atoms with van der Waals surface area (Å²) < 4.78 is 33.2. The van der Waals surface area contributed by atoms with Gasteiger partial charge in [-0.2, -0.15) is 8.78 Å². The summed E-state index contributed by atoms with van der Waals surface area (Å²) in [6.07, 6.45) is -2.79. The topological polar surface area (TPSA) is 43.9 Å². The molecule has 1 radical (unpaired) electrons. The lowest BCUT2D eigenvalue weighted by Gasteiger charge is -2.10. The van der Waals surface area contributed by atoms with Gasteiger partial charge in [-0.3, -0.25) is 0 Å². The van der Waals surface area contributed by atoms with Crippen molar-refractivity contribution in [1.82, 2.24) is 14.8 Å². The highest BCUT2D eigenvalue weighted by atomic mass is 79.9. The molecule has 3 rings (SSSR count). The Hall–Kier alpha value is -2.02. The van der Waals surface area contributed by atoms with E-state index < -0.39 is 12.3 Å². The van der Waals surface area contributed by atoms with Crippen LogP contribution in [0.5, 0.6) is 0 Å². The van der Waals surface area contributed by atoms with E-state index in [4.69, 9.17) is 4.42 Å². The maximum absolute atomic E-state index is 12.7. The number of alkyl halides is 2. The Morgan fingerprint density at radius 2 is 2.05 bits per heavy atom. The molecule has 0 saturated carbocycles. The van der Waals surface area contributed by atoms with Crippen LogP contribution in [-0.2, 0) is 0 Å². The predicted molar refractivity (Wildman–Crippen MR) is 80.0 cm³/mol. The first-order valence-electron chi connectivity index (χ1n) is 6.46. The normalized spacial score (nSPS) is 11.4. The van der Waals surface area contributed by atoms with Gasteiger partial charge < -0.3 is 8.98 Å². The SMILES string of the molecule is Cc1[c]c(C)n(-c2cccc(Br)c2)c1-c1nnc(C(F)F)o1. The van der Waals surface area contributed by atoms with Gasteiger partial charge in [0.15, 0.2) is 0 Å². The van der Waals surface area contributed by atoms with Gasteiger partial charge in [-0.05, 0) is 37.6 Å². The second-order valence-corrected chi connectivity index (χ2v) is 5.66. The third-order valence-electron chi connectivity index (χ3n) is 3.18. The quantitative estimate of drug-likeness (QED) is 0.677. The summed E-state index contributed by atoms with van der Waals surface area (Å²) in [6.45, 7) is 3.70. The molecule has 0 bridgehead atoms. The van der Waals surface area contributed by atoms with Crippen LogP contribution in [0.25, 0.3) is 17.3 Å². The van der Waals surface area contributed by atoms with Gasteiger partial charge >= 0.3 is 6.43 Å². The smallest absolute Gasteiger partial charge is 0.314 e. The molecule has 2 heterocycles. The molecule has 7 heteroatoms. The molecule has 22 heavy (non-hydrogen) atoms. The number of aromatic nitrogens is 3. The van der Waals surface area contributed by atoms with Crippen molar-refractivity contribution in [2.45, 2.75) is 20.3 Å². The summed E-state index contributed by atoms with van der Waals surface area (Å²) >= 11 is 3.42. The zero-order valence-corrected chi connectivity index (χ0v) is 13.4. The van der Waals surface area contributed by atoms with Gasteiger partial charge in [0.2, 0.25) is 0 Å². The third-order valence-corrected chi connectivity index (χ3v) is 3.67. The van der Waals surface area contributed by atoms with Gasteiger partial charge in [0.1, 0.15) is 5.69 Å². The molecule has 0 saturated heterocycles. The number of nitrogens with zero attached hydrogens (tertiary/aromatic N) is 3. The van der Waals surface area contributed by atoms with Crippen molar-refractivity contribution >= 4 is 15.9 Å². The predicted octanol–water partition coefficient (Wildman–Crippen LogP) is 4.64. The van der Waals surface area contributed by atoms with Crippen LogP contribution in [0.1, 0.15) is 23.6 Å². The van der Waals surface area contributed by atoms with Gasteiger partial charge in [-0.15, -0.1) is 10.2 Å². The molecular formula is C15H11BrF2N3O. The zero-order valence-electron chi connectivity index (χ0n) is 11.8. The molecule has 2 aromatic heterocycles. The zero-order chi connectivity index (χ0) is 15.9. The summed E-state index contributed by atoms with van der Waals surface area (Å²) in [5.74, 6) is -0.633. The van der Waals surface area contributed by atoms with E-state index in [0.29, 0.717) is 5.69 Å². The van der Waals surface area contributed by atoms with Crippen LogP contribution < -0.4 is 0 Å². The molecule has 4 nitrogen and oxygen atoms in total. The largest absolute Gasteiger partial charge is 0.414 e. The summed E-state index contributed by atoms with van der Waals surface area (Å²) in [7, 11) is 0. The molecule has 1 aromatic carbocycles. The molecule has 0 aliphatic carbocycles. The molecule has 0 spiro atoms. The number of aryl methyl sites for hydroxylation is 2. The Bertz CT molecular complexity index is 826. The van der Waals surface area contributed by atoms with Gasteiger partial charge in [0.25, 0.3) is 11.8 Å². The van der Waals surface area contributed by atoms with Crippen LogP contribution in [0, 0.1) is 19.9 Å². The summed E-state index contributed by atoms with van der Waals surface area (Å²) in [4.78, 5) is 0. The molecule has 0 aliphatic heterocycles. The number of hydrogen-bond donors (Lipinski definition) is 0. The van der Waals surface area contributed by atoms with Crippen molar-refractivity contribution < 1.29 is 13.2 Å². The van der Waals surface area contributed by atoms with E-state index >= 15 is 0 Å². The van der Waals surface area contributed by atoms with E-state index in [1.807, 2.05) is 42.7 Å². The second kappa shape index (κ2) is 5.64. The summed E-state index contributed by atoms with van der Waals surface area (Å²) in [5, 5.41) is 7.13. The first kappa shape index (κ1) is 14.9. The van der Waals surface area contributed by atoms with Gasteiger partial charge in [0, 0.05) is 21.9 Å². The van der Waals surface area contributed by atoms with E-state index in [-0.39, 0.29) is 5.89 Å². The third kappa shape index (κ3) is 2.56. The fraction of sp³-hybridized carbons (Fsp3) is 0.200. The fourth-order valence-electron chi connectivity index (χ4n) is 2.33. The number of hydrogen-bond acceptors (Lipinski definition) is 3. The minimum absolute atomic E-state index is 0.0529. The Kier molecular flexibility index (Phi) is 3.82. The monoisotopic (exact) mass is 366 g/mol. The van der Waals surface area contributed by atoms with Crippen molar-refractivity contribution in [3.8, 4) is 17.3 Å². The van der Waals surface area contributed by atoms with E-state index in [0.717, 1.165) is 21.4 Å². The van der Waals surface area contributed by atoms with Crippen molar-refractivity contribution in [2.24, 2.45) is 0 Å². The van der Waals surface area contributed by atoms with Crippen LogP contribution in [0.15, 0.2) is 33.2 Å². The highest BCUT2D eigenvalue weighted by Gasteiger charge is 2.22. The van der Waals surface area contributed by atoms with E-state index in [9.17, 15) is 8.78 Å². The second-order valence-electron chi connectivity index (χ2n) is 4.75. The molecule has 0 unspecified atom stereocenters. The molecule has 0 aliphatic rings. The molecule has 3 aromatic rings. The fourth-order valence-corrected chi connectivity index (χ4v) is 2.72. The molecule has 0 amide bonds. The first-order valence-corrected chi connectivity index (χ1v) is 7.25. The van der Waals surface area contributed by atoms with Crippen LogP contribution in [0.4, 0.5) is 8.78 Å². The Morgan fingerprint density at radius 3 is 2.68 bits per heavy atom. The number of halogens is 3. The first-order chi connectivity index (χ1) is 10.5. The van der Waals surface area contributed by atoms with Crippen molar-refractivity contribution in [1.29, 1.82) is 0 Å². The van der Waals surface area contributed by atoms with Crippen LogP contribution in [-0.4, -0.2) is 14.8 Å². The Morgan fingerprint density at radius 1 is 1.27 bits per heavy atom. The molecular weight excluding hydrogens is 356 g/mol. The number of rotatable bonds is 3. The Labute approximate surface area is 133 Å². The van der Waals surface area contributed by atoms with Crippen molar-refractivity contribution in [3.63, 3.8) is 0 Å². The summed E-state index contributed by atoms with van der Waals surface area (Å²) in [6, 6.07) is 10.8. The van der Waals surface area contributed by atoms with Gasteiger partial charge in [-0.1, -0.05) is 22.0 Å². The standard InChI is InChI=1S/C15H11BrF2N3O/c1-8-6-9(2)21(11-5-3-4-10(16)7-11)12(8)14-19-20-15(22-14)13(17)18/h3-5,7,13H,1-2H3. The van der Waals surface area contributed by atoms with Crippen LogP contribution in [0.3, 0.4) is 0 Å². The minimum Gasteiger partial charge on any atom is -0.414 e. The van der Waals surface area contributed by atoms with Crippen LogP contribution in [0.2, 0.25) is 0 Å². The maximum atomic E-state index is 12.7. The summed E-state index contributed by atoms with van der Waals surface area (Å²) in [5.41, 5.74) is 2.99. The molecule has 0 fully saturated rings. The lowest BCUT2D eigenvalue weighted by atomic mass is 10.2.